The van der Waals surface area contributed by atoms with Gasteiger partial charge in [0.05, 0.1) is 0 Å². The zero-order valence-electron chi connectivity index (χ0n) is 13.7. The van der Waals surface area contributed by atoms with Crippen molar-refractivity contribution in [2.75, 3.05) is 39.1 Å². The Kier molecular flexibility index (Phi) is 5.69. The van der Waals surface area contributed by atoms with Crippen LogP contribution >= 0.6 is 15.9 Å². The summed E-state index contributed by atoms with van der Waals surface area (Å²) in [4.78, 5) is 4.79. The van der Waals surface area contributed by atoms with Crippen LogP contribution < -0.4 is 10.2 Å². The highest BCUT2D eigenvalue weighted by atomic mass is 79.9. The number of hydrogen-bond donors (Lipinski definition) is 1. The molecule has 0 heterocycles. The molecule has 1 N–H and O–H groups in total. The second-order valence-corrected chi connectivity index (χ2v) is 7.24. The largest absolute Gasteiger partial charge is 0.373 e. The van der Waals surface area contributed by atoms with E-state index in [1.54, 1.807) is 0 Å². The summed E-state index contributed by atoms with van der Waals surface area (Å²) in [5.74, 6) is 0. The van der Waals surface area contributed by atoms with Gasteiger partial charge in [-0.1, -0.05) is 28.9 Å². The van der Waals surface area contributed by atoms with Crippen LogP contribution in [-0.4, -0.2) is 44.7 Å². The zero-order valence-corrected chi connectivity index (χ0v) is 15.3. The summed E-state index contributed by atoms with van der Waals surface area (Å²) in [6.45, 7) is 5.15. The molecule has 1 fully saturated rings. The molecule has 4 heteroatoms. The van der Waals surface area contributed by atoms with Gasteiger partial charge in [-0.05, 0) is 57.6 Å². The first kappa shape index (κ1) is 16.8. The molecule has 21 heavy (non-hydrogen) atoms. The molecule has 118 valence electrons. The van der Waals surface area contributed by atoms with Crippen molar-refractivity contribution in [1.82, 2.24) is 10.2 Å². The first-order valence-electron chi connectivity index (χ1n) is 7.86. The van der Waals surface area contributed by atoms with Crippen LogP contribution in [-0.2, 0) is 6.54 Å². The van der Waals surface area contributed by atoms with Crippen molar-refractivity contribution < 1.29 is 0 Å². The molecular formula is C17H28BrN3. The maximum atomic E-state index is 3.71. The first-order valence-corrected chi connectivity index (χ1v) is 8.65. The van der Waals surface area contributed by atoms with Gasteiger partial charge in [0, 0.05) is 35.8 Å². The van der Waals surface area contributed by atoms with Crippen molar-refractivity contribution in [3.05, 3.63) is 28.2 Å². The highest BCUT2D eigenvalue weighted by Crippen LogP contribution is 2.37. The summed E-state index contributed by atoms with van der Waals surface area (Å²) >= 11 is 3.71. The lowest BCUT2D eigenvalue weighted by molar-refractivity contribution is 0.0683. The molecule has 0 unspecified atom stereocenters. The SMILES string of the molecule is CCNCc1ccc(N(C)CC2(N(C)C)CCC2)cc1Br. The number of anilines is 1. The van der Waals surface area contributed by atoms with Gasteiger partial charge >= 0.3 is 0 Å². The molecular weight excluding hydrogens is 326 g/mol. The van der Waals surface area contributed by atoms with Gasteiger partial charge in [-0.15, -0.1) is 0 Å². The summed E-state index contributed by atoms with van der Waals surface area (Å²) in [6, 6.07) is 6.70. The van der Waals surface area contributed by atoms with Gasteiger partial charge in [0.1, 0.15) is 0 Å². The van der Waals surface area contributed by atoms with E-state index >= 15 is 0 Å². The standard InChI is InChI=1S/C17H28BrN3/c1-5-19-12-14-7-8-15(11-16(14)18)21(4)13-17(20(2)3)9-6-10-17/h7-8,11,19H,5-6,9-10,12-13H2,1-4H3. The van der Waals surface area contributed by atoms with Crippen LogP contribution in [0.2, 0.25) is 0 Å². The molecule has 0 radical (unpaired) electrons. The molecule has 1 aliphatic carbocycles. The summed E-state index contributed by atoms with van der Waals surface area (Å²) in [5, 5.41) is 3.38. The molecule has 1 aromatic carbocycles. The average Bonchev–Trinajstić information content (AvgIpc) is 2.40. The van der Waals surface area contributed by atoms with Crippen molar-refractivity contribution in [3.8, 4) is 0 Å². The number of nitrogens with zero attached hydrogens (tertiary/aromatic N) is 2. The van der Waals surface area contributed by atoms with Crippen LogP contribution in [0.3, 0.4) is 0 Å². The van der Waals surface area contributed by atoms with E-state index in [4.69, 9.17) is 0 Å². The topological polar surface area (TPSA) is 18.5 Å². The minimum atomic E-state index is 0.365. The lowest BCUT2D eigenvalue weighted by Crippen LogP contribution is -2.56. The second-order valence-electron chi connectivity index (χ2n) is 6.38. The average molecular weight is 354 g/mol. The van der Waals surface area contributed by atoms with Gasteiger partial charge in [-0.25, -0.2) is 0 Å². The molecule has 0 spiro atoms. The Hall–Kier alpha value is -0.580. The van der Waals surface area contributed by atoms with E-state index in [0.717, 1.165) is 19.6 Å². The Balaban J connectivity index is 2.05. The molecule has 3 nitrogen and oxygen atoms in total. The third-order valence-corrected chi connectivity index (χ3v) is 5.55. The molecule has 0 amide bonds. The smallest absolute Gasteiger partial charge is 0.0378 e. The fourth-order valence-corrected chi connectivity index (χ4v) is 3.55. The van der Waals surface area contributed by atoms with Crippen LogP contribution in [0.4, 0.5) is 5.69 Å². The quantitative estimate of drug-likeness (QED) is 0.809. The van der Waals surface area contributed by atoms with Gasteiger partial charge in [0.15, 0.2) is 0 Å². The Morgan fingerprint density at radius 1 is 1.24 bits per heavy atom. The maximum Gasteiger partial charge on any atom is 0.0378 e. The van der Waals surface area contributed by atoms with Crippen LogP contribution in [0, 0.1) is 0 Å². The van der Waals surface area contributed by atoms with Gasteiger partial charge in [-0.2, -0.15) is 0 Å². The molecule has 2 rings (SSSR count). The predicted octanol–water partition coefficient (Wildman–Crippen LogP) is 3.48. The first-order chi connectivity index (χ1) is 9.98. The van der Waals surface area contributed by atoms with E-state index in [1.807, 2.05) is 0 Å². The number of benzene rings is 1. The fourth-order valence-electron chi connectivity index (χ4n) is 3.04. The van der Waals surface area contributed by atoms with E-state index in [9.17, 15) is 0 Å². The number of nitrogens with one attached hydrogen (secondary N) is 1. The highest BCUT2D eigenvalue weighted by molar-refractivity contribution is 9.10. The third-order valence-electron chi connectivity index (χ3n) is 4.81. The predicted molar refractivity (Wildman–Crippen MR) is 95.1 cm³/mol. The van der Waals surface area contributed by atoms with Gasteiger partial charge in [0.2, 0.25) is 0 Å². The monoisotopic (exact) mass is 353 g/mol. The molecule has 0 saturated heterocycles. The summed E-state index contributed by atoms with van der Waals surface area (Å²) in [5.41, 5.74) is 2.97. The molecule has 1 saturated carbocycles. The fraction of sp³-hybridized carbons (Fsp3) is 0.647. The van der Waals surface area contributed by atoms with Crippen molar-refractivity contribution in [2.45, 2.75) is 38.3 Å². The van der Waals surface area contributed by atoms with Crippen LogP contribution in [0.15, 0.2) is 22.7 Å². The molecule has 0 aromatic heterocycles. The van der Waals surface area contributed by atoms with E-state index in [2.05, 4.69) is 77.3 Å². The number of rotatable bonds is 7. The Morgan fingerprint density at radius 2 is 1.95 bits per heavy atom. The normalized spacial score (nSPS) is 16.9. The van der Waals surface area contributed by atoms with Crippen LogP contribution in [0.1, 0.15) is 31.7 Å². The minimum absolute atomic E-state index is 0.365. The maximum absolute atomic E-state index is 3.71. The van der Waals surface area contributed by atoms with E-state index in [-0.39, 0.29) is 0 Å². The third kappa shape index (κ3) is 3.79. The van der Waals surface area contributed by atoms with Crippen molar-refractivity contribution in [1.29, 1.82) is 0 Å². The lowest BCUT2D eigenvalue weighted by Gasteiger charge is -2.49. The van der Waals surface area contributed by atoms with Crippen molar-refractivity contribution in [3.63, 3.8) is 0 Å². The molecule has 0 aliphatic heterocycles. The number of likely N-dealkylation sites (N-methyl/N-ethyl adjacent to an activating group) is 2. The van der Waals surface area contributed by atoms with E-state index in [0.29, 0.717) is 5.54 Å². The molecule has 0 atom stereocenters. The Morgan fingerprint density at radius 3 is 2.43 bits per heavy atom. The van der Waals surface area contributed by atoms with Gasteiger partial charge < -0.3 is 15.1 Å². The van der Waals surface area contributed by atoms with E-state index in [1.165, 1.54) is 35.0 Å². The van der Waals surface area contributed by atoms with Gasteiger partial charge in [0.25, 0.3) is 0 Å². The number of hydrogen-bond acceptors (Lipinski definition) is 3. The minimum Gasteiger partial charge on any atom is -0.373 e. The molecule has 1 aliphatic rings. The Labute approximate surface area is 137 Å². The van der Waals surface area contributed by atoms with Crippen molar-refractivity contribution >= 4 is 21.6 Å². The Bertz CT molecular complexity index is 469. The van der Waals surface area contributed by atoms with Crippen LogP contribution in [0.25, 0.3) is 0 Å². The molecule has 1 aromatic rings. The summed E-state index contributed by atoms with van der Waals surface area (Å²) in [7, 11) is 6.63. The summed E-state index contributed by atoms with van der Waals surface area (Å²) in [6.07, 6.45) is 3.98. The second kappa shape index (κ2) is 7.12. The lowest BCUT2D eigenvalue weighted by atomic mass is 9.75. The van der Waals surface area contributed by atoms with E-state index < -0.39 is 0 Å². The highest BCUT2D eigenvalue weighted by Gasteiger charge is 2.39. The summed E-state index contributed by atoms with van der Waals surface area (Å²) < 4.78 is 1.19. The van der Waals surface area contributed by atoms with Gasteiger partial charge in [-0.3, -0.25) is 0 Å². The van der Waals surface area contributed by atoms with Crippen LogP contribution in [0.5, 0.6) is 0 Å². The number of halogens is 1. The zero-order chi connectivity index (χ0) is 15.5. The van der Waals surface area contributed by atoms with Crippen molar-refractivity contribution in [2.24, 2.45) is 0 Å². The molecule has 0 bridgehead atoms.